The fraction of sp³-hybridized carbons (Fsp3) is 0.562. The molecule has 0 radical (unpaired) electrons. The van der Waals surface area contributed by atoms with Crippen LogP contribution in [0, 0.1) is 5.41 Å². The van der Waals surface area contributed by atoms with Gasteiger partial charge in [0.25, 0.3) is 0 Å². The molecule has 1 aliphatic rings. The summed E-state index contributed by atoms with van der Waals surface area (Å²) in [6, 6.07) is 3.40. The molecule has 1 aliphatic heterocycles. The minimum atomic E-state index is -0.889. The molecule has 1 fully saturated rings. The van der Waals surface area contributed by atoms with Gasteiger partial charge in [0, 0.05) is 24.9 Å². The van der Waals surface area contributed by atoms with Gasteiger partial charge >= 0.3 is 5.97 Å². The summed E-state index contributed by atoms with van der Waals surface area (Å²) in [5.74, 6) is -1.18. The lowest BCUT2D eigenvalue weighted by atomic mass is 9.82. The number of nitrogens with one attached hydrogen (secondary N) is 1. The summed E-state index contributed by atoms with van der Waals surface area (Å²) in [5, 5.41) is 14.1. The lowest BCUT2D eigenvalue weighted by molar-refractivity contribution is -0.153. The highest BCUT2D eigenvalue weighted by atomic mass is 32.1. The van der Waals surface area contributed by atoms with Crippen LogP contribution in [-0.4, -0.2) is 40.9 Å². The van der Waals surface area contributed by atoms with Crippen molar-refractivity contribution < 1.29 is 19.5 Å². The van der Waals surface area contributed by atoms with E-state index in [1.807, 2.05) is 17.5 Å². The SMILES string of the molecule is CC(=O)NC(CC(=O)N1CCCC(C)(C(=O)O)C1)c1cccs1. The van der Waals surface area contributed by atoms with Gasteiger partial charge in [0.2, 0.25) is 11.8 Å². The molecule has 6 nitrogen and oxygen atoms in total. The minimum absolute atomic E-state index is 0.121. The van der Waals surface area contributed by atoms with E-state index in [0.29, 0.717) is 19.4 Å². The van der Waals surface area contributed by atoms with Crippen molar-refractivity contribution in [2.24, 2.45) is 5.41 Å². The first kappa shape index (κ1) is 17.5. The molecule has 1 aromatic heterocycles. The number of thiophene rings is 1. The summed E-state index contributed by atoms with van der Waals surface area (Å²) in [4.78, 5) is 37.9. The van der Waals surface area contributed by atoms with Gasteiger partial charge in [-0.05, 0) is 31.2 Å². The van der Waals surface area contributed by atoms with E-state index in [2.05, 4.69) is 5.32 Å². The molecule has 0 bridgehead atoms. The molecule has 126 valence electrons. The molecule has 1 aromatic rings. The summed E-state index contributed by atoms with van der Waals surface area (Å²) >= 11 is 1.49. The molecule has 2 rings (SSSR count). The van der Waals surface area contributed by atoms with Crippen LogP contribution in [0.3, 0.4) is 0 Å². The molecule has 23 heavy (non-hydrogen) atoms. The van der Waals surface area contributed by atoms with Gasteiger partial charge in [-0.2, -0.15) is 0 Å². The zero-order chi connectivity index (χ0) is 17.0. The highest BCUT2D eigenvalue weighted by Gasteiger charge is 2.39. The van der Waals surface area contributed by atoms with Gasteiger partial charge in [0.05, 0.1) is 17.9 Å². The molecule has 2 atom stereocenters. The number of rotatable bonds is 5. The Labute approximate surface area is 139 Å². The van der Waals surface area contributed by atoms with Gasteiger partial charge in [-0.25, -0.2) is 0 Å². The average Bonchev–Trinajstić information content (AvgIpc) is 3.00. The Morgan fingerprint density at radius 1 is 1.48 bits per heavy atom. The van der Waals surface area contributed by atoms with E-state index in [1.54, 1.807) is 11.8 Å². The molecule has 2 unspecified atom stereocenters. The van der Waals surface area contributed by atoms with Crippen LogP contribution in [0.25, 0.3) is 0 Å². The standard InChI is InChI=1S/C16H22N2O4S/c1-11(19)17-12(13-5-3-8-23-13)9-14(20)18-7-4-6-16(2,10-18)15(21)22/h3,5,8,12H,4,6-7,9-10H2,1-2H3,(H,17,19)(H,21,22). The van der Waals surface area contributed by atoms with E-state index in [-0.39, 0.29) is 30.8 Å². The van der Waals surface area contributed by atoms with Crippen LogP contribution in [0.5, 0.6) is 0 Å². The number of nitrogens with zero attached hydrogens (tertiary/aromatic N) is 1. The average molecular weight is 338 g/mol. The molecule has 1 saturated heterocycles. The lowest BCUT2D eigenvalue weighted by Crippen LogP contribution is -2.49. The van der Waals surface area contributed by atoms with E-state index in [9.17, 15) is 19.5 Å². The van der Waals surface area contributed by atoms with Crippen LogP contribution in [0.1, 0.15) is 44.0 Å². The molecule has 2 heterocycles. The zero-order valence-corrected chi connectivity index (χ0v) is 14.2. The predicted molar refractivity (Wildman–Crippen MR) is 87.1 cm³/mol. The maximum atomic E-state index is 12.6. The number of hydrogen-bond acceptors (Lipinski definition) is 4. The molecule has 0 aliphatic carbocycles. The van der Waals surface area contributed by atoms with Gasteiger partial charge in [0.1, 0.15) is 0 Å². The van der Waals surface area contributed by atoms with Crippen molar-refractivity contribution in [3.05, 3.63) is 22.4 Å². The van der Waals surface area contributed by atoms with Crippen LogP contribution in [0.15, 0.2) is 17.5 Å². The van der Waals surface area contributed by atoms with Crippen molar-refractivity contribution in [1.29, 1.82) is 0 Å². The van der Waals surface area contributed by atoms with Crippen LogP contribution in [0.2, 0.25) is 0 Å². The second-order valence-corrected chi connectivity index (χ2v) is 7.24. The third kappa shape index (κ3) is 4.31. The third-order valence-corrected chi connectivity index (χ3v) is 5.19. The van der Waals surface area contributed by atoms with Gasteiger partial charge in [-0.15, -0.1) is 11.3 Å². The van der Waals surface area contributed by atoms with E-state index >= 15 is 0 Å². The molecule has 0 aromatic carbocycles. The first-order valence-corrected chi connectivity index (χ1v) is 8.51. The van der Waals surface area contributed by atoms with Crippen LogP contribution in [0.4, 0.5) is 0 Å². The van der Waals surface area contributed by atoms with Gasteiger partial charge < -0.3 is 15.3 Å². The van der Waals surface area contributed by atoms with Crippen molar-refractivity contribution in [3.8, 4) is 0 Å². The summed E-state index contributed by atoms with van der Waals surface area (Å²) in [5.41, 5.74) is -0.889. The Kier molecular flexibility index (Phi) is 5.41. The number of amides is 2. The predicted octanol–water partition coefficient (Wildman–Crippen LogP) is 2.03. The maximum Gasteiger partial charge on any atom is 0.311 e. The van der Waals surface area contributed by atoms with Gasteiger partial charge in [-0.3, -0.25) is 14.4 Å². The lowest BCUT2D eigenvalue weighted by Gasteiger charge is -2.38. The normalized spacial score (nSPS) is 22.4. The first-order chi connectivity index (χ1) is 10.8. The topological polar surface area (TPSA) is 86.7 Å². The third-order valence-electron chi connectivity index (χ3n) is 4.21. The van der Waals surface area contributed by atoms with Crippen molar-refractivity contribution in [3.63, 3.8) is 0 Å². The van der Waals surface area contributed by atoms with Crippen molar-refractivity contribution in [2.45, 2.75) is 39.2 Å². The maximum absolute atomic E-state index is 12.6. The smallest absolute Gasteiger partial charge is 0.311 e. The molecule has 7 heteroatoms. The number of carbonyl (C=O) groups excluding carboxylic acids is 2. The summed E-state index contributed by atoms with van der Waals surface area (Å²) in [7, 11) is 0. The van der Waals surface area contributed by atoms with Crippen molar-refractivity contribution in [1.82, 2.24) is 10.2 Å². The minimum Gasteiger partial charge on any atom is -0.481 e. The van der Waals surface area contributed by atoms with Crippen molar-refractivity contribution in [2.75, 3.05) is 13.1 Å². The highest BCUT2D eigenvalue weighted by molar-refractivity contribution is 7.10. The van der Waals surface area contributed by atoms with Gasteiger partial charge in [0.15, 0.2) is 0 Å². The molecule has 2 amide bonds. The quantitative estimate of drug-likeness (QED) is 0.860. The number of aliphatic carboxylic acids is 1. The fourth-order valence-corrected chi connectivity index (χ4v) is 3.67. The number of carboxylic acid groups (broad SMARTS) is 1. The number of carbonyl (C=O) groups is 3. The van der Waals surface area contributed by atoms with Crippen molar-refractivity contribution >= 4 is 29.1 Å². The molecule has 0 spiro atoms. The Bertz CT molecular complexity index is 587. The molecular weight excluding hydrogens is 316 g/mol. The van der Waals surface area contributed by atoms with E-state index in [0.717, 1.165) is 4.88 Å². The van der Waals surface area contributed by atoms with E-state index < -0.39 is 11.4 Å². The van der Waals surface area contributed by atoms with Crippen LogP contribution in [-0.2, 0) is 14.4 Å². The van der Waals surface area contributed by atoms with E-state index in [1.165, 1.54) is 18.3 Å². The van der Waals surface area contributed by atoms with Crippen LogP contribution >= 0.6 is 11.3 Å². The van der Waals surface area contributed by atoms with Gasteiger partial charge in [-0.1, -0.05) is 6.07 Å². The summed E-state index contributed by atoms with van der Waals surface area (Å²) < 4.78 is 0. The monoisotopic (exact) mass is 338 g/mol. The number of likely N-dealkylation sites (tertiary alicyclic amines) is 1. The Morgan fingerprint density at radius 3 is 2.78 bits per heavy atom. The fourth-order valence-electron chi connectivity index (χ4n) is 2.89. The van der Waals surface area contributed by atoms with Crippen LogP contribution < -0.4 is 5.32 Å². The molecule has 2 N–H and O–H groups in total. The zero-order valence-electron chi connectivity index (χ0n) is 13.4. The number of carboxylic acids is 1. The number of hydrogen-bond donors (Lipinski definition) is 2. The highest BCUT2D eigenvalue weighted by Crippen LogP contribution is 2.31. The molecular formula is C16H22N2O4S. The first-order valence-electron chi connectivity index (χ1n) is 7.63. The second kappa shape index (κ2) is 7.12. The number of piperidine rings is 1. The largest absolute Gasteiger partial charge is 0.481 e. The Hall–Kier alpha value is -1.89. The second-order valence-electron chi connectivity index (χ2n) is 6.26. The van der Waals surface area contributed by atoms with E-state index in [4.69, 9.17) is 0 Å². The Morgan fingerprint density at radius 2 is 2.22 bits per heavy atom. The Balaban J connectivity index is 2.06. The summed E-state index contributed by atoms with van der Waals surface area (Å²) in [6.07, 6.45) is 1.40. The summed E-state index contributed by atoms with van der Waals surface area (Å²) in [6.45, 7) is 3.89. The molecule has 0 saturated carbocycles.